The highest BCUT2D eigenvalue weighted by molar-refractivity contribution is 5.97. The summed E-state index contributed by atoms with van der Waals surface area (Å²) in [6.07, 6.45) is 3.29. The number of nitrogens with one attached hydrogen (secondary N) is 3. The maximum Gasteiger partial charge on any atom is 0.270 e. The third kappa shape index (κ3) is 4.81. The van der Waals surface area contributed by atoms with Crippen molar-refractivity contribution in [2.24, 2.45) is 0 Å². The van der Waals surface area contributed by atoms with Crippen LogP contribution in [0.25, 0.3) is 11.4 Å². The second-order valence-corrected chi connectivity index (χ2v) is 8.46. The number of amides is 2. The van der Waals surface area contributed by atoms with Crippen molar-refractivity contribution in [3.8, 4) is 11.4 Å². The first-order chi connectivity index (χ1) is 17.5. The number of nitrogens with zero attached hydrogens (tertiary/aromatic N) is 5. The van der Waals surface area contributed by atoms with Crippen molar-refractivity contribution in [1.82, 2.24) is 41.2 Å². The predicted molar refractivity (Wildman–Crippen MR) is 127 cm³/mol. The van der Waals surface area contributed by atoms with E-state index in [2.05, 4.69) is 41.2 Å². The van der Waals surface area contributed by atoms with E-state index in [1.54, 1.807) is 12.1 Å². The van der Waals surface area contributed by atoms with E-state index in [0.717, 1.165) is 35.1 Å². The maximum absolute atomic E-state index is 13.7. The molecule has 0 aliphatic heterocycles. The molecular weight excluding hydrogens is 463 g/mol. The van der Waals surface area contributed by atoms with Crippen LogP contribution in [0.5, 0.6) is 0 Å². The van der Waals surface area contributed by atoms with Crippen LogP contribution in [0.3, 0.4) is 0 Å². The van der Waals surface area contributed by atoms with E-state index in [4.69, 9.17) is 0 Å². The van der Waals surface area contributed by atoms with Gasteiger partial charge in [-0.2, -0.15) is 5.21 Å². The molecule has 0 fully saturated rings. The van der Waals surface area contributed by atoms with Gasteiger partial charge < -0.3 is 10.6 Å². The van der Waals surface area contributed by atoms with Gasteiger partial charge in [-0.1, -0.05) is 31.2 Å². The molecule has 2 heterocycles. The van der Waals surface area contributed by atoms with Crippen LogP contribution < -0.4 is 10.6 Å². The topological polar surface area (TPSA) is 138 Å². The molecule has 0 unspecified atom stereocenters. The van der Waals surface area contributed by atoms with E-state index in [1.165, 1.54) is 18.5 Å². The Morgan fingerprint density at radius 3 is 2.69 bits per heavy atom. The minimum Gasteiger partial charge on any atom is -0.347 e. The third-order valence-electron chi connectivity index (χ3n) is 6.21. The number of tetrazole rings is 1. The molecule has 10 nitrogen and oxygen atoms in total. The third-order valence-corrected chi connectivity index (χ3v) is 6.21. The fourth-order valence-electron chi connectivity index (χ4n) is 4.31. The number of hydrogen-bond acceptors (Lipinski definition) is 7. The molecule has 5 rings (SSSR count). The number of halogens is 1. The number of rotatable bonds is 7. The van der Waals surface area contributed by atoms with Crippen LogP contribution in [0, 0.1) is 5.82 Å². The van der Waals surface area contributed by atoms with Crippen molar-refractivity contribution in [3.05, 3.63) is 88.3 Å². The Morgan fingerprint density at radius 1 is 1.08 bits per heavy atom. The lowest BCUT2D eigenvalue weighted by Gasteiger charge is -2.14. The van der Waals surface area contributed by atoms with Gasteiger partial charge in [-0.3, -0.25) is 9.59 Å². The summed E-state index contributed by atoms with van der Waals surface area (Å²) in [6, 6.07) is 11.8. The smallest absolute Gasteiger partial charge is 0.270 e. The minimum atomic E-state index is -0.450. The largest absolute Gasteiger partial charge is 0.347 e. The molecule has 1 aliphatic rings. The van der Waals surface area contributed by atoms with Crippen molar-refractivity contribution < 1.29 is 14.0 Å². The first kappa shape index (κ1) is 23.2. The normalized spacial score (nSPS) is 14.3. The summed E-state index contributed by atoms with van der Waals surface area (Å²) in [5.41, 5.74) is 4.52. The minimum absolute atomic E-state index is 0.0737. The molecule has 2 amide bonds. The van der Waals surface area contributed by atoms with Crippen LogP contribution in [-0.4, -0.2) is 42.4 Å². The van der Waals surface area contributed by atoms with E-state index in [9.17, 15) is 14.0 Å². The van der Waals surface area contributed by atoms with Gasteiger partial charge in [-0.15, -0.1) is 10.2 Å². The number of hydrogen-bond donors (Lipinski definition) is 3. The van der Waals surface area contributed by atoms with Gasteiger partial charge in [-0.05, 0) is 58.9 Å². The van der Waals surface area contributed by atoms with Crippen molar-refractivity contribution in [2.75, 3.05) is 0 Å². The van der Waals surface area contributed by atoms with Gasteiger partial charge in [0.2, 0.25) is 5.82 Å². The molecule has 0 bridgehead atoms. The monoisotopic (exact) mass is 486 g/mol. The zero-order chi connectivity index (χ0) is 25.1. The van der Waals surface area contributed by atoms with E-state index in [-0.39, 0.29) is 29.8 Å². The van der Waals surface area contributed by atoms with E-state index in [0.29, 0.717) is 17.8 Å². The molecule has 36 heavy (non-hydrogen) atoms. The van der Waals surface area contributed by atoms with E-state index >= 15 is 0 Å². The number of benzene rings is 2. The summed E-state index contributed by atoms with van der Waals surface area (Å²) in [6.45, 7) is 2.08. The zero-order valence-electron chi connectivity index (χ0n) is 19.5. The van der Waals surface area contributed by atoms with Crippen molar-refractivity contribution in [3.63, 3.8) is 0 Å². The molecule has 2 aromatic heterocycles. The highest BCUT2D eigenvalue weighted by atomic mass is 19.1. The number of aromatic amines is 1. The molecule has 4 aromatic rings. The second-order valence-electron chi connectivity index (χ2n) is 8.46. The van der Waals surface area contributed by atoms with Crippen LogP contribution in [-0.2, 0) is 19.4 Å². The van der Waals surface area contributed by atoms with Crippen LogP contribution >= 0.6 is 0 Å². The number of carbonyl (C=O) groups excluding carboxylic acids is 2. The Morgan fingerprint density at radius 2 is 1.92 bits per heavy atom. The van der Waals surface area contributed by atoms with Gasteiger partial charge in [0.25, 0.3) is 11.8 Å². The lowest BCUT2D eigenvalue weighted by Crippen LogP contribution is -2.29. The summed E-state index contributed by atoms with van der Waals surface area (Å²) in [5, 5.41) is 19.8. The summed E-state index contributed by atoms with van der Waals surface area (Å²) < 4.78 is 13.7. The van der Waals surface area contributed by atoms with Crippen LogP contribution in [0.1, 0.15) is 62.6 Å². The highest BCUT2D eigenvalue weighted by Crippen LogP contribution is 2.33. The summed E-state index contributed by atoms with van der Waals surface area (Å²) in [7, 11) is 0. The van der Waals surface area contributed by atoms with Gasteiger partial charge >= 0.3 is 0 Å². The van der Waals surface area contributed by atoms with Crippen molar-refractivity contribution in [1.29, 1.82) is 0 Å². The lowest BCUT2D eigenvalue weighted by molar-refractivity contribution is 0.0931. The highest BCUT2D eigenvalue weighted by Gasteiger charge is 2.26. The average Bonchev–Trinajstić information content (AvgIpc) is 3.58. The van der Waals surface area contributed by atoms with Crippen LogP contribution in [0.4, 0.5) is 4.39 Å². The number of aryl methyl sites for hydroxylation is 2. The molecule has 1 atom stereocenters. The molecular formula is C25H23FN8O2. The zero-order valence-corrected chi connectivity index (χ0v) is 19.5. The Kier molecular flexibility index (Phi) is 6.44. The van der Waals surface area contributed by atoms with Crippen LogP contribution in [0.2, 0.25) is 0 Å². The first-order valence-corrected chi connectivity index (χ1v) is 11.6. The SMILES string of the molecule is CCc1cc(CNC(=O)c2cc(C(=O)N[C@@H]3CCc4cc(-c5nn[nH]n5)ccc43)ncn2)ccc1F. The van der Waals surface area contributed by atoms with Crippen molar-refractivity contribution in [2.45, 2.75) is 38.8 Å². The molecule has 2 aromatic carbocycles. The van der Waals surface area contributed by atoms with Gasteiger partial charge in [0.15, 0.2) is 0 Å². The quantitative estimate of drug-likeness (QED) is 0.365. The molecule has 0 radical (unpaired) electrons. The Hall–Kier alpha value is -4.54. The number of carbonyl (C=O) groups is 2. The molecule has 3 N–H and O–H groups in total. The maximum atomic E-state index is 13.7. The van der Waals surface area contributed by atoms with E-state index < -0.39 is 11.8 Å². The summed E-state index contributed by atoms with van der Waals surface area (Å²) in [5.74, 6) is -0.592. The molecule has 11 heteroatoms. The van der Waals surface area contributed by atoms with E-state index in [1.807, 2.05) is 25.1 Å². The molecule has 0 spiro atoms. The Labute approximate surface area is 205 Å². The van der Waals surface area contributed by atoms with Gasteiger partial charge in [-0.25, -0.2) is 14.4 Å². The fraction of sp³-hybridized carbons (Fsp3) is 0.240. The van der Waals surface area contributed by atoms with Crippen molar-refractivity contribution >= 4 is 11.8 Å². The number of fused-ring (bicyclic) bond motifs is 1. The van der Waals surface area contributed by atoms with Gasteiger partial charge in [0, 0.05) is 18.2 Å². The standard InChI is InChI=1S/C25H23FN8O2/c1-2-15-9-14(3-7-19(15)26)12-27-24(35)21-11-22(29-13-28-21)25(36)30-20-8-5-16-10-17(4-6-18(16)20)23-31-33-34-32-23/h3-4,6-7,9-11,13,20H,2,5,8,12H2,1H3,(H,27,35)(H,30,36)(H,31,32,33,34)/t20-/m1/s1. The molecule has 0 saturated carbocycles. The number of H-pyrrole nitrogens is 1. The molecule has 0 saturated heterocycles. The molecule has 182 valence electrons. The summed E-state index contributed by atoms with van der Waals surface area (Å²) >= 11 is 0. The summed E-state index contributed by atoms with van der Waals surface area (Å²) in [4.78, 5) is 33.6. The lowest BCUT2D eigenvalue weighted by atomic mass is 10.0. The number of aromatic nitrogens is 6. The predicted octanol–water partition coefficient (Wildman–Crippen LogP) is 2.71. The van der Waals surface area contributed by atoms with Crippen LogP contribution in [0.15, 0.2) is 48.8 Å². The Balaban J connectivity index is 1.23. The second kappa shape index (κ2) is 9.98. The first-order valence-electron chi connectivity index (χ1n) is 11.6. The van der Waals surface area contributed by atoms with Gasteiger partial charge in [0.1, 0.15) is 23.5 Å². The fourth-order valence-corrected chi connectivity index (χ4v) is 4.31. The Bertz CT molecular complexity index is 1420. The van der Waals surface area contributed by atoms with Gasteiger partial charge in [0.05, 0.1) is 6.04 Å². The average molecular weight is 487 g/mol. The molecule has 1 aliphatic carbocycles.